The van der Waals surface area contributed by atoms with E-state index in [4.69, 9.17) is 4.52 Å². The average molecular weight is 297 g/mol. The Bertz CT molecular complexity index is 624. The normalized spacial score (nSPS) is 26.2. The Morgan fingerprint density at radius 2 is 2.00 bits per heavy atom. The van der Waals surface area contributed by atoms with Crippen molar-refractivity contribution < 1.29 is 4.52 Å². The smallest absolute Gasteiger partial charge is 0.151 e. The van der Waals surface area contributed by atoms with E-state index in [1.807, 2.05) is 18.2 Å². The van der Waals surface area contributed by atoms with Crippen LogP contribution in [0.1, 0.15) is 18.6 Å². The summed E-state index contributed by atoms with van der Waals surface area (Å²) in [6, 6.07) is 13.0. The molecule has 0 radical (unpaired) electrons. The maximum atomic E-state index is 5.59. The van der Waals surface area contributed by atoms with Crippen LogP contribution in [0.15, 0.2) is 40.9 Å². The van der Waals surface area contributed by atoms with Crippen molar-refractivity contribution >= 4 is 0 Å². The van der Waals surface area contributed by atoms with Gasteiger partial charge in [-0.1, -0.05) is 35.5 Å². The maximum Gasteiger partial charge on any atom is 0.151 e. The first-order valence-corrected chi connectivity index (χ1v) is 8.21. The SMILES string of the molecule is CN1C[C@H]2CC[C@@H](C1)N(Cc1cc(-c3ccccc3)no1)C2. The first-order valence-electron chi connectivity index (χ1n) is 8.21. The summed E-state index contributed by atoms with van der Waals surface area (Å²) in [4.78, 5) is 5.07. The Morgan fingerprint density at radius 3 is 2.86 bits per heavy atom. The van der Waals surface area contributed by atoms with Crippen LogP contribution in [-0.4, -0.2) is 47.7 Å². The Hall–Kier alpha value is -1.65. The highest BCUT2D eigenvalue weighted by atomic mass is 16.5. The molecule has 5 rings (SSSR count). The predicted octanol–water partition coefficient (Wildman–Crippen LogP) is 2.87. The molecule has 3 fully saturated rings. The fraction of sp³-hybridized carbons (Fsp3) is 0.500. The molecular weight excluding hydrogens is 274 g/mol. The summed E-state index contributed by atoms with van der Waals surface area (Å²) >= 11 is 0. The molecule has 1 aromatic heterocycles. The van der Waals surface area contributed by atoms with Gasteiger partial charge in [-0.05, 0) is 25.8 Å². The number of piperidine rings is 1. The van der Waals surface area contributed by atoms with E-state index in [-0.39, 0.29) is 0 Å². The van der Waals surface area contributed by atoms with E-state index in [0.29, 0.717) is 6.04 Å². The summed E-state index contributed by atoms with van der Waals surface area (Å²) in [7, 11) is 2.25. The number of likely N-dealkylation sites (N-methyl/N-ethyl adjacent to an activating group) is 1. The topological polar surface area (TPSA) is 32.5 Å². The molecule has 3 aliphatic rings. The zero-order chi connectivity index (χ0) is 14.9. The highest BCUT2D eigenvalue weighted by molar-refractivity contribution is 5.58. The molecule has 2 atom stereocenters. The second kappa shape index (κ2) is 5.86. The monoisotopic (exact) mass is 297 g/mol. The van der Waals surface area contributed by atoms with Crippen molar-refractivity contribution in [3.05, 3.63) is 42.2 Å². The molecule has 0 N–H and O–H groups in total. The molecule has 0 aliphatic carbocycles. The number of benzene rings is 1. The molecule has 2 bridgehead atoms. The van der Waals surface area contributed by atoms with E-state index >= 15 is 0 Å². The minimum Gasteiger partial charge on any atom is -0.359 e. The van der Waals surface area contributed by atoms with E-state index in [1.165, 1.54) is 32.5 Å². The largest absolute Gasteiger partial charge is 0.359 e. The number of aromatic nitrogens is 1. The lowest BCUT2D eigenvalue weighted by molar-refractivity contribution is 0.112. The highest BCUT2D eigenvalue weighted by Crippen LogP contribution is 2.29. The quantitative estimate of drug-likeness (QED) is 0.872. The van der Waals surface area contributed by atoms with Crippen molar-refractivity contribution in [2.75, 3.05) is 26.7 Å². The van der Waals surface area contributed by atoms with Crippen molar-refractivity contribution in [2.24, 2.45) is 5.92 Å². The summed E-state index contributed by atoms with van der Waals surface area (Å²) < 4.78 is 5.59. The van der Waals surface area contributed by atoms with Gasteiger partial charge < -0.3 is 9.42 Å². The molecule has 4 heterocycles. The van der Waals surface area contributed by atoms with E-state index in [0.717, 1.165) is 29.5 Å². The molecule has 2 aromatic rings. The van der Waals surface area contributed by atoms with Gasteiger partial charge in [-0.3, -0.25) is 4.90 Å². The summed E-state index contributed by atoms with van der Waals surface area (Å²) in [5.41, 5.74) is 2.06. The van der Waals surface area contributed by atoms with Crippen LogP contribution < -0.4 is 0 Å². The standard InChI is InChI=1S/C18H23N3O/c1-20-10-14-7-8-16(12-20)21(11-14)13-17-9-18(19-22-17)15-5-3-2-4-6-15/h2-6,9,14,16H,7-8,10-13H2,1H3/t14-,16+/m1/s1. The lowest BCUT2D eigenvalue weighted by Gasteiger charge is -2.35. The van der Waals surface area contributed by atoms with Crippen molar-refractivity contribution in [1.29, 1.82) is 0 Å². The fourth-order valence-corrected chi connectivity index (χ4v) is 3.94. The summed E-state index contributed by atoms with van der Waals surface area (Å²) in [6.45, 7) is 4.49. The number of fused-ring (bicyclic) bond motifs is 4. The second-order valence-electron chi connectivity index (χ2n) is 6.79. The third-order valence-corrected chi connectivity index (χ3v) is 5.00. The Morgan fingerprint density at radius 1 is 1.14 bits per heavy atom. The first kappa shape index (κ1) is 14.0. The Labute approximate surface area is 131 Å². The van der Waals surface area contributed by atoms with Crippen LogP contribution in [-0.2, 0) is 6.54 Å². The summed E-state index contributed by atoms with van der Waals surface area (Å²) in [5, 5.41) is 4.24. The van der Waals surface area contributed by atoms with Crippen LogP contribution in [0.2, 0.25) is 0 Å². The van der Waals surface area contributed by atoms with Crippen molar-refractivity contribution in [3.63, 3.8) is 0 Å². The van der Waals surface area contributed by atoms with Crippen LogP contribution >= 0.6 is 0 Å². The van der Waals surface area contributed by atoms with Crippen LogP contribution in [0, 0.1) is 5.92 Å². The number of hydrogen-bond donors (Lipinski definition) is 0. The molecule has 4 heteroatoms. The van der Waals surface area contributed by atoms with Gasteiger partial charge in [-0.2, -0.15) is 0 Å². The van der Waals surface area contributed by atoms with Gasteiger partial charge in [0.05, 0.1) is 6.54 Å². The van der Waals surface area contributed by atoms with Gasteiger partial charge in [-0.15, -0.1) is 0 Å². The number of hydrogen-bond acceptors (Lipinski definition) is 4. The van der Waals surface area contributed by atoms with Gasteiger partial charge in [0, 0.05) is 37.3 Å². The van der Waals surface area contributed by atoms with Gasteiger partial charge in [0.25, 0.3) is 0 Å². The molecule has 0 saturated carbocycles. The third kappa shape index (κ3) is 2.81. The van der Waals surface area contributed by atoms with E-state index in [2.05, 4.69) is 40.2 Å². The molecule has 3 saturated heterocycles. The fourth-order valence-electron chi connectivity index (χ4n) is 3.94. The summed E-state index contributed by atoms with van der Waals surface area (Å²) in [5.74, 6) is 1.79. The van der Waals surface area contributed by atoms with Crippen molar-refractivity contribution in [3.8, 4) is 11.3 Å². The molecule has 0 spiro atoms. The van der Waals surface area contributed by atoms with E-state index in [9.17, 15) is 0 Å². The molecule has 116 valence electrons. The molecule has 3 aliphatic heterocycles. The lowest BCUT2D eigenvalue weighted by atomic mass is 9.95. The maximum absolute atomic E-state index is 5.59. The minimum absolute atomic E-state index is 0.661. The molecule has 1 aromatic carbocycles. The van der Waals surface area contributed by atoms with Crippen molar-refractivity contribution in [1.82, 2.24) is 15.0 Å². The molecular formula is C18H23N3O. The lowest BCUT2D eigenvalue weighted by Crippen LogP contribution is -2.43. The predicted molar refractivity (Wildman–Crippen MR) is 86.4 cm³/mol. The first-order chi connectivity index (χ1) is 10.8. The average Bonchev–Trinajstić information content (AvgIpc) is 2.85. The van der Waals surface area contributed by atoms with Gasteiger partial charge in [-0.25, -0.2) is 0 Å². The minimum atomic E-state index is 0.661. The van der Waals surface area contributed by atoms with E-state index in [1.54, 1.807) is 0 Å². The Kier molecular flexibility index (Phi) is 3.72. The van der Waals surface area contributed by atoms with Gasteiger partial charge in [0.2, 0.25) is 0 Å². The zero-order valence-electron chi connectivity index (χ0n) is 13.1. The molecule has 0 amide bonds. The van der Waals surface area contributed by atoms with Crippen molar-refractivity contribution in [2.45, 2.75) is 25.4 Å². The number of nitrogens with zero attached hydrogens (tertiary/aromatic N) is 3. The van der Waals surface area contributed by atoms with E-state index < -0.39 is 0 Å². The van der Waals surface area contributed by atoms with Crippen LogP contribution in [0.5, 0.6) is 0 Å². The zero-order valence-corrected chi connectivity index (χ0v) is 13.1. The molecule has 0 unspecified atom stereocenters. The molecule has 22 heavy (non-hydrogen) atoms. The number of rotatable bonds is 3. The van der Waals surface area contributed by atoms with Gasteiger partial charge >= 0.3 is 0 Å². The third-order valence-electron chi connectivity index (χ3n) is 5.00. The second-order valence-corrected chi connectivity index (χ2v) is 6.79. The highest BCUT2D eigenvalue weighted by Gasteiger charge is 2.33. The van der Waals surface area contributed by atoms with Gasteiger partial charge in [0.1, 0.15) is 5.69 Å². The van der Waals surface area contributed by atoms with Crippen LogP contribution in [0.3, 0.4) is 0 Å². The molecule has 4 nitrogen and oxygen atoms in total. The van der Waals surface area contributed by atoms with Crippen LogP contribution in [0.25, 0.3) is 11.3 Å². The Balaban J connectivity index is 1.49. The van der Waals surface area contributed by atoms with Gasteiger partial charge in [0.15, 0.2) is 5.76 Å². The van der Waals surface area contributed by atoms with Crippen LogP contribution in [0.4, 0.5) is 0 Å². The summed E-state index contributed by atoms with van der Waals surface area (Å²) in [6.07, 6.45) is 2.69.